The number of sulfonamides is 1. The molecule has 1 amide bonds. The predicted molar refractivity (Wildman–Crippen MR) is 114 cm³/mol. The van der Waals surface area contributed by atoms with Crippen molar-refractivity contribution in [2.45, 2.75) is 63.4 Å². The van der Waals surface area contributed by atoms with Crippen molar-refractivity contribution in [1.82, 2.24) is 14.9 Å². The second-order valence-electron chi connectivity index (χ2n) is 8.05. The zero-order valence-electron chi connectivity index (χ0n) is 17.4. The Hall–Kier alpha value is -2.17. The van der Waals surface area contributed by atoms with Crippen LogP contribution in [0.2, 0.25) is 5.02 Å². The third kappa shape index (κ3) is 4.70. The maximum absolute atomic E-state index is 13.0. The first kappa shape index (κ1) is 22.0. The Labute approximate surface area is 186 Å². The summed E-state index contributed by atoms with van der Waals surface area (Å²) in [5.74, 6) is 1.38. The molecule has 0 bridgehead atoms. The van der Waals surface area contributed by atoms with Crippen molar-refractivity contribution in [2.24, 2.45) is 5.92 Å². The molecule has 0 radical (unpaired) electrons. The number of hydrogen-bond acceptors (Lipinski definition) is 7. The SMILES string of the molecule is CCc1nc(CN2C(=O)COc3cc(S(=O)(=O)NC4CCC(C)CC4)c(Cl)cc32)no1. The van der Waals surface area contributed by atoms with Crippen molar-refractivity contribution >= 4 is 33.2 Å². The van der Waals surface area contributed by atoms with Gasteiger partial charge in [-0.25, -0.2) is 13.1 Å². The molecule has 168 valence electrons. The van der Waals surface area contributed by atoms with E-state index in [1.54, 1.807) is 0 Å². The van der Waals surface area contributed by atoms with Crippen LogP contribution in [-0.4, -0.2) is 37.1 Å². The number of halogens is 1. The van der Waals surface area contributed by atoms with Gasteiger partial charge in [0.25, 0.3) is 5.91 Å². The molecule has 1 fully saturated rings. The number of nitrogens with zero attached hydrogens (tertiary/aromatic N) is 3. The number of amides is 1. The van der Waals surface area contributed by atoms with Gasteiger partial charge in [-0.3, -0.25) is 9.69 Å². The maximum atomic E-state index is 13.0. The van der Waals surface area contributed by atoms with Crippen LogP contribution >= 0.6 is 11.6 Å². The van der Waals surface area contributed by atoms with Crippen LogP contribution in [0.4, 0.5) is 5.69 Å². The Bertz CT molecular complexity index is 1080. The monoisotopic (exact) mass is 468 g/mol. The van der Waals surface area contributed by atoms with Crippen molar-refractivity contribution in [3.8, 4) is 5.75 Å². The van der Waals surface area contributed by atoms with Crippen LogP contribution in [-0.2, 0) is 27.8 Å². The van der Waals surface area contributed by atoms with Crippen molar-refractivity contribution < 1.29 is 22.5 Å². The van der Waals surface area contributed by atoms with Gasteiger partial charge in [0.05, 0.1) is 17.3 Å². The van der Waals surface area contributed by atoms with E-state index in [9.17, 15) is 13.2 Å². The summed E-state index contributed by atoms with van der Waals surface area (Å²) in [7, 11) is -3.84. The molecule has 4 rings (SSSR count). The number of ether oxygens (including phenoxy) is 1. The van der Waals surface area contributed by atoms with Crippen molar-refractivity contribution in [3.63, 3.8) is 0 Å². The Morgan fingerprint density at radius 3 is 2.68 bits per heavy atom. The summed E-state index contributed by atoms with van der Waals surface area (Å²) in [5.41, 5.74) is 0.370. The highest BCUT2D eigenvalue weighted by Gasteiger charge is 2.32. The van der Waals surface area contributed by atoms with Crippen LogP contribution in [0.25, 0.3) is 0 Å². The van der Waals surface area contributed by atoms with Gasteiger partial charge in [-0.05, 0) is 37.7 Å². The molecular weight excluding hydrogens is 444 g/mol. The first-order valence-electron chi connectivity index (χ1n) is 10.4. The van der Waals surface area contributed by atoms with Crippen LogP contribution in [0.3, 0.4) is 0 Å². The van der Waals surface area contributed by atoms with Gasteiger partial charge in [0.2, 0.25) is 15.9 Å². The summed E-state index contributed by atoms with van der Waals surface area (Å²) in [6.07, 6.45) is 4.15. The molecule has 0 unspecified atom stereocenters. The lowest BCUT2D eigenvalue weighted by molar-refractivity contribution is -0.121. The van der Waals surface area contributed by atoms with Crippen LogP contribution in [0, 0.1) is 5.92 Å². The topological polar surface area (TPSA) is 115 Å². The number of nitrogens with one attached hydrogen (secondary N) is 1. The van der Waals surface area contributed by atoms with Crippen LogP contribution in [0.1, 0.15) is 51.2 Å². The average Bonchev–Trinajstić information content (AvgIpc) is 3.19. The first-order valence-corrected chi connectivity index (χ1v) is 12.2. The lowest BCUT2D eigenvalue weighted by Gasteiger charge is -2.30. The van der Waals surface area contributed by atoms with Crippen molar-refractivity contribution in [2.75, 3.05) is 11.5 Å². The van der Waals surface area contributed by atoms with E-state index in [0.717, 1.165) is 25.7 Å². The fourth-order valence-corrected chi connectivity index (χ4v) is 5.72. The quantitative estimate of drug-likeness (QED) is 0.692. The third-order valence-electron chi connectivity index (χ3n) is 5.70. The second-order valence-corrected chi connectivity index (χ2v) is 10.1. The molecule has 1 saturated carbocycles. The Morgan fingerprint density at radius 1 is 1.26 bits per heavy atom. The molecule has 1 aliphatic carbocycles. The maximum Gasteiger partial charge on any atom is 0.265 e. The summed E-state index contributed by atoms with van der Waals surface area (Å²) in [5, 5.41) is 3.89. The molecule has 0 spiro atoms. The molecule has 1 aromatic heterocycles. The van der Waals surface area contributed by atoms with E-state index in [1.807, 2.05) is 6.92 Å². The number of fused-ring (bicyclic) bond motifs is 1. The largest absolute Gasteiger partial charge is 0.482 e. The van der Waals surface area contributed by atoms with Crippen LogP contribution in [0.5, 0.6) is 5.75 Å². The van der Waals surface area contributed by atoms with Gasteiger partial charge in [0, 0.05) is 18.5 Å². The predicted octanol–water partition coefficient (Wildman–Crippen LogP) is 3.07. The standard InChI is InChI=1S/C20H25ClN4O5S/c1-3-19-22-18(23-30-19)10-25-15-8-14(21)17(9-16(15)29-11-20(25)26)31(27,28)24-13-6-4-12(2)5-7-13/h8-9,12-13,24H,3-7,10-11H2,1-2H3. The fourth-order valence-electron chi connectivity index (χ4n) is 3.88. The van der Waals surface area contributed by atoms with Crippen molar-refractivity contribution in [1.29, 1.82) is 0 Å². The fraction of sp³-hybridized carbons (Fsp3) is 0.550. The molecule has 11 heteroatoms. The third-order valence-corrected chi connectivity index (χ3v) is 7.68. The van der Waals surface area contributed by atoms with Gasteiger partial charge in [-0.2, -0.15) is 4.98 Å². The summed E-state index contributed by atoms with van der Waals surface area (Å²) in [6.45, 7) is 3.91. The molecule has 31 heavy (non-hydrogen) atoms. The van der Waals surface area contributed by atoms with Crippen LogP contribution in [0.15, 0.2) is 21.6 Å². The van der Waals surface area contributed by atoms with Gasteiger partial charge in [-0.15, -0.1) is 0 Å². The number of aryl methyl sites for hydroxylation is 1. The normalized spacial score (nSPS) is 21.6. The highest BCUT2D eigenvalue weighted by molar-refractivity contribution is 7.89. The second kappa shape index (κ2) is 8.76. The zero-order valence-corrected chi connectivity index (χ0v) is 19.0. The molecule has 9 nitrogen and oxygen atoms in total. The van der Waals surface area contributed by atoms with E-state index >= 15 is 0 Å². The molecule has 1 N–H and O–H groups in total. The van der Waals surface area contributed by atoms with Gasteiger partial charge in [-0.1, -0.05) is 30.6 Å². The van der Waals surface area contributed by atoms with E-state index in [0.29, 0.717) is 29.7 Å². The number of carbonyl (C=O) groups excluding carboxylic acids is 1. The van der Waals surface area contributed by atoms with Gasteiger partial charge >= 0.3 is 0 Å². The van der Waals surface area contributed by atoms with Gasteiger partial charge in [0.1, 0.15) is 10.6 Å². The molecule has 1 aromatic carbocycles. The number of benzene rings is 1. The lowest BCUT2D eigenvalue weighted by atomic mass is 9.88. The van der Waals surface area contributed by atoms with E-state index < -0.39 is 10.0 Å². The van der Waals surface area contributed by atoms with Gasteiger partial charge in [0.15, 0.2) is 12.4 Å². The van der Waals surface area contributed by atoms with Crippen LogP contribution < -0.4 is 14.4 Å². The smallest absolute Gasteiger partial charge is 0.265 e. The number of anilines is 1. The minimum atomic E-state index is -3.84. The number of aromatic nitrogens is 2. The first-order chi connectivity index (χ1) is 14.8. The minimum absolute atomic E-state index is 0.0149. The zero-order chi connectivity index (χ0) is 22.2. The Kier molecular flexibility index (Phi) is 6.23. The molecule has 0 atom stereocenters. The molecule has 0 saturated heterocycles. The number of hydrogen-bond donors (Lipinski definition) is 1. The summed E-state index contributed by atoms with van der Waals surface area (Å²) in [6, 6.07) is 2.70. The van der Waals surface area contributed by atoms with E-state index in [4.69, 9.17) is 20.9 Å². The average molecular weight is 469 g/mol. The lowest BCUT2D eigenvalue weighted by Crippen LogP contribution is -2.39. The number of carbonyl (C=O) groups is 1. The highest BCUT2D eigenvalue weighted by atomic mass is 35.5. The number of rotatable bonds is 6. The molecule has 2 aliphatic rings. The summed E-state index contributed by atoms with van der Waals surface area (Å²) in [4.78, 5) is 18.0. The minimum Gasteiger partial charge on any atom is -0.482 e. The highest BCUT2D eigenvalue weighted by Crippen LogP contribution is 2.39. The Morgan fingerprint density at radius 2 is 2.00 bits per heavy atom. The summed E-state index contributed by atoms with van der Waals surface area (Å²) < 4.78 is 39.4. The van der Waals surface area contributed by atoms with E-state index in [2.05, 4.69) is 21.8 Å². The van der Waals surface area contributed by atoms with Crippen molar-refractivity contribution in [3.05, 3.63) is 28.9 Å². The molecule has 2 aromatic rings. The molecule has 1 aliphatic heterocycles. The molecular formula is C20H25ClN4O5S. The van der Waals surface area contributed by atoms with E-state index in [1.165, 1.54) is 17.0 Å². The molecule has 2 heterocycles. The Balaban J connectivity index is 1.59. The van der Waals surface area contributed by atoms with Gasteiger partial charge < -0.3 is 9.26 Å². The summed E-state index contributed by atoms with van der Waals surface area (Å²) >= 11 is 6.37. The van der Waals surface area contributed by atoms with E-state index in [-0.39, 0.29) is 40.8 Å².